The number of fused-ring (bicyclic) bond motifs is 1. The molecule has 1 fully saturated rings. The molecule has 6 heteroatoms. The maximum absolute atomic E-state index is 5.49. The van der Waals surface area contributed by atoms with Gasteiger partial charge in [0.2, 0.25) is 0 Å². The van der Waals surface area contributed by atoms with E-state index < -0.39 is 0 Å². The largest absolute Gasteiger partial charge is 0.378 e. The van der Waals surface area contributed by atoms with Crippen molar-refractivity contribution in [2.45, 2.75) is 0 Å². The number of morpholine rings is 1. The Hall–Kier alpha value is -4.16. The van der Waals surface area contributed by atoms with Crippen molar-refractivity contribution in [3.05, 3.63) is 91.3 Å². The molecule has 34 heavy (non-hydrogen) atoms. The van der Waals surface area contributed by atoms with Crippen molar-refractivity contribution < 1.29 is 4.74 Å². The fourth-order valence-corrected chi connectivity index (χ4v) is 4.40. The third-order valence-corrected chi connectivity index (χ3v) is 6.18. The van der Waals surface area contributed by atoms with E-state index in [4.69, 9.17) is 4.74 Å². The van der Waals surface area contributed by atoms with Gasteiger partial charge in [-0.2, -0.15) is 0 Å². The highest BCUT2D eigenvalue weighted by atomic mass is 16.5. The number of hydrogen-bond donors (Lipinski definition) is 2. The van der Waals surface area contributed by atoms with Gasteiger partial charge in [-0.3, -0.25) is 0 Å². The average Bonchev–Trinajstić information content (AvgIpc) is 3.40. The zero-order valence-corrected chi connectivity index (χ0v) is 18.7. The number of ether oxygens (including phenoxy) is 1. The summed E-state index contributed by atoms with van der Waals surface area (Å²) in [7, 11) is 0. The number of nitrogens with zero attached hydrogens (tertiary/aromatic N) is 3. The van der Waals surface area contributed by atoms with E-state index in [1.54, 1.807) is 0 Å². The Labute approximate surface area is 198 Å². The quantitative estimate of drug-likeness (QED) is 0.353. The van der Waals surface area contributed by atoms with E-state index in [9.17, 15) is 0 Å². The van der Waals surface area contributed by atoms with Gasteiger partial charge in [0.15, 0.2) is 0 Å². The van der Waals surface area contributed by atoms with Crippen molar-refractivity contribution in [1.29, 1.82) is 0 Å². The summed E-state index contributed by atoms with van der Waals surface area (Å²) in [6.07, 6.45) is 3.74. The van der Waals surface area contributed by atoms with E-state index in [2.05, 4.69) is 73.7 Å². The van der Waals surface area contributed by atoms with Gasteiger partial charge < -0.3 is 19.9 Å². The number of aromatic nitrogens is 3. The van der Waals surface area contributed by atoms with Gasteiger partial charge in [-0.05, 0) is 47.3 Å². The highest BCUT2D eigenvalue weighted by molar-refractivity contribution is 5.95. The molecule has 2 aromatic heterocycles. The molecule has 1 aliphatic heterocycles. The number of hydrogen-bond acceptors (Lipinski definition) is 5. The SMILES string of the molecule is c1ccc(-c2cnc(-c3cccc(Nc4nccc5cc(N6CCOCC6)ccc45)c3)[nH]2)cc1. The predicted molar refractivity (Wildman–Crippen MR) is 138 cm³/mol. The lowest BCUT2D eigenvalue weighted by Crippen LogP contribution is -2.36. The van der Waals surface area contributed by atoms with Crippen molar-refractivity contribution in [2.24, 2.45) is 0 Å². The summed E-state index contributed by atoms with van der Waals surface area (Å²) in [6.45, 7) is 3.40. The van der Waals surface area contributed by atoms with Gasteiger partial charge in [0.05, 0.1) is 25.1 Å². The maximum Gasteiger partial charge on any atom is 0.138 e. The molecule has 0 atom stereocenters. The summed E-state index contributed by atoms with van der Waals surface area (Å²) in [4.78, 5) is 15.0. The lowest BCUT2D eigenvalue weighted by Gasteiger charge is -2.29. The zero-order valence-electron chi connectivity index (χ0n) is 18.7. The minimum Gasteiger partial charge on any atom is -0.378 e. The second-order valence-electron chi connectivity index (χ2n) is 8.38. The molecule has 3 heterocycles. The number of anilines is 3. The molecule has 1 aliphatic rings. The van der Waals surface area contributed by atoms with Gasteiger partial charge >= 0.3 is 0 Å². The first kappa shape index (κ1) is 20.4. The van der Waals surface area contributed by atoms with Crippen LogP contribution in [0.3, 0.4) is 0 Å². The van der Waals surface area contributed by atoms with Crippen LogP contribution in [0.4, 0.5) is 17.2 Å². The Kier molecular flexibility index (Phi) is 5.41. The fourth-order valence-electron chi connectivity index (χ4n) is 4.40. The molecule has 0 aliphatic carbocycles. The zero-order chi connectivity index (χ0) is 22.7. The summed E-state index contributed by atoms with van der Waals surface area (Å²) in [5.41, 5.74) is 5.32. The van der Waals surface area contributed by atoms with Crippen molar-refractivity contribution in [1.82, 2.24) is 15.0 Å². The molecule has 6 rings (SSSR count). The van der Waals surface area contributed by atoms with Crippen LogP contribution in [0.25, 0.3) is 33.4 Å². The lowest BCUT2D eigenvalue weighted by molar-refractivity contribution is 0.122. The molecule has 168 valence electrons. The Morgan fingerprint density at radius 2 is 1.68 bits per heavy atom. The number of aromatic amines is 1. The van der Waals surface area contributed by atoms with Crippen molar-refractivity contribution in [3.63, 3.8) is 0 Å². The van der Waals surface area contributed by atoms with E-state index in [1.807, 2.05) is 42.7 Å². The van der Waals surface area contributed by atoms with Crippen LogP contribution in [-0.4, -0.2) is 41.3 Å². The Morgan fingerprint density at radius 3 is 2.56 bits per heavy atom. The first-order valence-corrected chi connectivity index (χ1v) is 11.5. The van der Waals surface area contributed by atoms with Crippen molar-refractivity contribution in [2.75, 3.05) is 36.5 Å². The maximum atomic E-state index is 5.49. The molecule has 3 aromatic carbocycles. The molecule has 2 N–H and O–H groups in total. The van der Waals surface area contributed by atoms with Crippen LogP contribution in [0.2, 0.25) is 0 Å². The highest BCUT2D eigenvalue weighted by Gasteiger charge is 2.13. The molecule has 0 bridgehead atoms. The fraction of sp³-hybridized carbons (Fsp3) is 0.143. The van der Waals surface area contributed by atoms with Crippen LogP contribution in [-0.2, 0) is 4.74 Å². The minimum atomic E-state index is 0.778. The standard InChI is InChI=1S/C28H25N5O/c1-2-5-20(6-3-1)26-19-30-27(32-26)22-7-4-8-23(17-22)31-28-25-10-9-24(18-21(25)11-12-29-28)33-13-15-34-16-14-33/h1-12,17-19H,13-16H2,(H,29,31)(H,30,32). The summed E-state index contributed by atoms with van der Waals surface area (Å²) in [6, 6.07) is 27.1. The summed E-state index contributed by atoms with van der Waals surface area (Å²) >= 11 is 0. The topological polar surface area (TPSA) is 66.1 Å². The van der Waals surface area contributed by atoms with Crippen LogP contribution in [0.15, 0.2) is 91.3 Å². The first-order valence-electron chi connectivity index (χ1n) is 11.5. The second-order valence-corrected chi connectivity index (χ2v) is 8.38. The van der Waals surface area contributed by atoms with Crippen LogP contribution in [0.5, 0.6) is 0 Å². The van der Waals surface area contributed by atoms with E-state index in [0.29, 0.717) is 0 Å². The molecule has 0 saturated carbocycles. The van der Waals surface area contributed by atoms with Gasteiger partial charge in [-0.1, -0.05) is 42.5 Å². The molecule has 0 spiro atoms. The third-order valence-electron chi connectivity index (χ3n) is 6.18. The van der Waals surface area contributed by atoms with E-state index in [-0.39, 0.29) is 0 Å². The second kappa shape index (κ2) is 9.00. The molecule has 6 nitrogen and oxygen atoms in total. The molecule has 5 aromatic rings. The van der Waals surface area contributed by atoms with Gasteiger partial charge in [0.25, 0.3) is 0 Å². The van der Waals surface area contributed by atoms with Crippen molar-refractivity contribution >= 4 is 28.0 Å². The van der Waals surface area contributed by atoms with E-state index in [1.165, 1.54) is 5.69 Å². The van der Waals surface area contributed by atoms with Gasteiger partial charge in [-0.25, -0.2) is 9.97 Å². The minimum absolute atomic E-state index is 0.778. The van der Waals surface area contributed by atoms with E-state index in [0.717, 1.165) is 71.2 Å². The summed E-state index contributed by atoms with van der Waals surface area (Å²) in [5, 5.41) is 5.76. The van der Waals surface area contributed by atoms with Crippen LogP contribution >= 0.6 is 0 Å². The summed E-state index contributed by atoms with van der Waals surface area (Å²) < 4.78 is 5.49. The predicted octanol–water partition coefficient (Wildman–Crippen LogP) is 5.87. The number of nitrogens with one attached hydrogen (secondary N) is 2. The first-order chi connectivity index (χ1) is 16.8. The number of H-pyrrole nitrogens is 1. The molecule has 0 amide bonds. The van der Waals surface area contributed by atoms with Crippen LogP contribution in [0, 0.1) is 0 Å². The third kappa shape index (κ3) is 4.11. The number of imidazole rings is 1. The van der Waals surface area contributed by atoms with E-state index >= 15 is 0 Å². The molecule has 0 unspecified atom stereocenters. The van der Waals surface area contributed by atoms with Crippen molar-refractivity contribution in [3.8, 4) is 22.6 Å². The molecule has 0 radical (unpaired) electrons. The Balaban J connectivity index is 1.27. The lowest BCUT2D eigenvalue weighted by atomic mass is 10.1. The van der Waals surface area contributed by atoms with Gasteiger partial charge in [0.1, 0.15) is 11.6 Å². The number of rotatable bonds is 5. The Morgan fingerprint density at radius 1 is 0.824 bits per heavy atom. The average molecular weight is 448 g/mol. The van der Waals surface area contributed by atoms with Crippen LogP contribution < -0.4 is 10.2 Å². The molecule has 1 saturated heterocycles. The van der Waals surface area contributed by atoms with Crippen LogP contribution in [0.1, 0.15) is 0 Å². The monoisotopic (exact) mass is 447 g/mol. The molecular weight excluding hydrogens is 422 g/mol. The number of benzene rings is 3. The number of pyridine rings is 1. The highest BCUT2D eigenvalue weighted by Crippen LogP contribution is 2.30. The molecular formula is C28H25N5O. The Bertz CT molecular complexity index is 1420. The smallest absolute Gasteiger partial charge is 0.138 e. The summed E-state index contributed by atoms with van der Waals surface area (Å²) in [5.74, 6) is 1.68. The normalized spacial score (nSPS) is 13.8. The van der Waals surface area contributed by atoms with Gasteiger partial charge in [0, 0.05) is 41.6 Å². The van der Waals surface area contributed by atoms with Gasteiger partial charge in [-0.15, -0.1) is 0 Å².